The van der Waals surface area contributed by atoms with Gasteiger partial charge in [0.15, 0.2) is 0 Å². The first-order chi connectivity index (χ1) is 25.2. The summed E-state index contributed by atoms with van der Waals surface area (Å²) in [6, 6.07) is 63.2. The minimum Gasteiger partial charge on any atom is -0.311 e. The molecule has 0 saturated carbocycles. The highest BCUT2D eigenvalue weighted by Crippen LogP contribution is 2.45. The molecule has 0 aliphatic carbocycles. The highest BCUT2D eigenvalue weighted by atomic mass is 15.2. The molecule has 0 aromatic heterocycles. The third kappa shape index (κ3) is 6.32. The van der Waals surface area contributed by atoms with Gasteiger partial charge in [-0.2, -0.15) is 0 Å². The summed E-state index contributed by atoms with van der Waals surface area (Å²) >= 11 is 0. The third-order valence-corrected chi connectivity index (χ3v) is 9.62. The van der Waals surface area contributed by atoms with Crippen molar-refractivity contribution in [3.05, 3.63) is 224 Å². The van der Waals surface area contributed by atoms with Crippen LogP contribution in [0.4, 0.5) is 34.1 Å². The van der Waals surface area contributed by atoms with Crippen molar-refractivity contribution >= 4 is 39.7 Å². The maximum absolute atomic E-state index is 3.99. The zero-order valence-corrected chi connectivity index (χ0v) is 28.5. The van der Waals surface area contributed by atoms with Crippen LogP contribution < -0.4 is 9.80 Å². The normalized spacial score (nSPS) is 12.1. The quantitative estimate of drug-likeness (QED) is 0.143. The minimum absolute atomic E-state index is 0.884. The molecule has 0 spiro atoms. The Labute approximate surface area is 301 Å². The fourth-order valence-electron chi connectivity index (χ4n) is 7.09. The van der Waals surface area contributed by atoms with Crippen molar-refractivity contribution < 1.29 is 0 Å². The third-order valence-electron chi connectivity index (χ3n) is 9.62. The van der Waals surface area contributed by atoms with Crippen molar-refractivity contribution in [1.82, 2.24) is 0 Å². The number of allylic oxidation sites excluding steroid dienone is 4. The van der Waals surface area contributed by atoms with Gasteiger partial charge in [0, 0.05) is 40.5 Å². The van der Waals surface area contributed by atoms with Gasteiger partial charge >= 0.3 is 0 Å². The van der Waals surface area contributed by atoms with Crippen molar-refractivity contribution in [2.45, 2.75) is 6.42 Å². The number of anilines is 6. The molecule has 1 aliphatic rings. The first-order valence-corrected chi connectivity index (χ1v) is 17.4. The van der Waals surface area contributed by atoms with E-state index in [1.807, 2.05) is 12.2 Å². The Morgan fingerprint density at radius 3 is 1.67 bits per heavy atom. The van der Waals surface area contributed by atoms with Crippen molar-refractivity contribution in [3.8, 4) is 22.3 Å². The van der Waals surface area contributed by atoms with Crippen LogP contribution in [0.15, 0.2) is 207 Å². The lowest BCUT2D eigenvalue weighted by atomic mass is 9.92. The molecule has 0 amide bonds. The van der Waals surface area contributed by atoms with Gasteiger partial charge in [-0.3, -0.25) is 0 Å². The Morgan fingerprint density at radius 2 is 1.02 bits per heavy atom. The summed E-state index contributed by atoms with van der Waals surface area (Å²) in [6.07, 6.45) is 6.55. The van der Waals surface area contributed by atoms with E-state index in [0.717, 1.165) is 40.3 Å². The van der Waals surface area contributed by atoms with Crippen molar-refractivity contribution in [3.63, 3.8) is 0 Å². The fraction of sp³-hybridized carbons (Fsp3) is 0.0204. The summed E-state index contributed by atoms with van der Waals surface area (Å²) < 4.78 is 0. The number of hydrogen-bond donors (Lipinski definition) is 0. The van der Waals surface area contributed by atoms with E-state index < -0.39 is 0 Å². The Hall–Kier alpha value is -6.64. The molecule has 2 heteroatoms. The summed E-state index contributed by atoms with van der Waals surface area (Å²) in [5.41, 5.74) is 16.5. The molecule has 0 saturated heterocycles. The van der Waals surface area contributed by atoms with Gasteiger partial charge in [0.05, 0.1) is 0 Å². The molecule has 0 N–H and O–H groups in total. The van der Waals surface area contributed by atoms with E-state index in [1.165, 1.54) is 44.8 Å². The topological polar surface area (TPSA) is 6.48 Å². The van der Waals surface area contributed by atoms with E-state index in [-0.39, 0.29) is 0 Å². The van der Waals surface area contributed by atoms with Crippen LogP contribution in [0, 0.1) is 0 Å². The maximum atomic E-state index is 3.99. The lowest BCUT2D eigenvalue weighted by Gasteiger charge is -2.34. The SMILES string of the molecule is C=C/C=C(\C=C)c1ccc(N2c3ccccc3Cc3cc(-c4ccc(N(c5ccccc5)c5ccc(-c6ccccc6)cc5)cc4)ccc32)cc1. The average molecular weight is 655 g/mol. The summed E-state index contributed by atoms with van der Waals surface area (Å²) in [7, 11) is 0. The number of para-hydroxylation sites is 2. The highest BCUT2D eigenvalue weighted by Gasteiger charge is 2.24. The Balaban J connectivity index is 1.12. The van der Waals surface area contributed by atoms with Gasteiger partial charge in [-0.05, 0) is 111 Å². The fourth-order valence-corrected chi connectivity index (χ4v) is 7.09. The molecule has 0 fully saturated rings. The van der Waals surface area contributed by atoms with Gasteiger partial charge in [0.25, 0.3) is 0 Å². The first kappa shape index (κ1) is 31.6. The molecule has 2 nitrogen and oxygen atoms in total. The van der Waals surface area contributed by atoms with Gasteiger partial charge in [-0.1, -0.05) is 141 Å². The number of rotatable bonds is 9. The standard InChI is InChI=1S/C49H38N2/c1-3-13-36(4-2)38-20-31-47(32-21-38)51-48-19-12-11-16-42(48)35-43-34-41(26-33-49(43)51)40-24-29-46(30-25-40)50(44-17-9-6-10-18-44)45-27-22-39(23-28-45)37-14-7-5-8-15-37/h3-34H,1-2,35H2/b36-13+. The van der Waals surface area contributed by atoms with Crippen LogP contribution in [0.1, 0.15) is 16.7 Å². The van der Waals surface area contributed by atoms with E-state index in [4.69, 9.17) is 0 Å². The zero-order valence-electron chi connectivity index (χ0n) is 28.5. The van der Waals surface area contributed by atoms with Gasteiger partial charge in [0.2, 0.25) is 0 Å². The van der Waals surface area contributed by atoms with Gasteiger partial charge in [0.1, 0.15) is 0 Å². The number of fused-ring (bicyclic) bond motifs is 2. The number of nitrogens with zero attached hydrogens (tertiary/aromatic N) is 2. The summed E-state index contributed by atoms with van der Waals surface area (Å²) in [5, 5.41) is 0. The van der Waals surface area contributed by atoms with Gasteiger partial charge < -0.3 is 9.80 Å². The largest absolute Gasteiger partial charge is 0.311 e. The predicted octanol–water partition coefficient (Wildman–Crippen LogP) is 13.6. The number of benzene rings is 7. The second-order valence-electron chi connectivity index (χ2n) is 12.7. The monoisotopic (exact) mass is 654 g/mol. The van der Waals surface area contributed by atoms with Crippen molar-refractivity contribution in [1.29, 1.82) is 0 Å². The summed E-state index contributed by atoms with van der Waals surface area (Å²) in [6.45, 7) is 7.84. The van der Waals surface area contributed by atoms with Gasteiger partial charge in [-0.25, -0.2) is 0 Å². The molecule has 0 bridgehead atoms. The molecule has 7 aromatic rings. The van der Waals surface area contributed by atoms with Crippen LogP contribution in [0.5, 0.6) is 0 Å². The second kappa shape index (κ2) is 14.1. The van der Waals surface area contributed by atoms with Crippen LogP contribution in [0.25, 0.3) is 27.8 Å². The molecule has 0 unspecified atom stereocenters. The molecular weight excluding hydrogens is 617 g/mol. The summed E-state index contributed by atoms with van der Waals surface area (Å²) in [4.78, 5) is 4.70. The van der Waals surface area contributed by atoms with Crippen molar-refractivity contribution in [2.24, 2.45) is 0 Å². The number of hydrogen-bond acceptors (Lipinski definition) is 2. The molecular formula is C49H38N2. The molecule has 7 aromatic carbocycles. The lowest BCUT2D eigenvalue weighted by Crippen LogP contribution is -2.18. The summed E-state index contributed by atoms with van der Waals surface area (Å²) in [5.74, 6) is 0. The van der Waals surface area contributed by atoms with Crippen LogP contribution in [0.3, 0.4) is 0 Å². The van der Waals surface area contributed by atoms with Crippen molar-refractivity contribution in [2.75, 3.05) is 9.80 Å². The Morgan fingerprint density at radius 1 is 0.490 bits per heavy atom. The zero-order chi connectivity index (χ0) is 34.6. The molecule has 51 heavy (non-hydrogen) atoms. The Kier molecular flexibility index (Phi) is 8.72. The molecule has 8 rings (SSSR count). The smallest absolute Gasteiger partial charge is 0.0497 e. The average Bonchev–Trinajstić information content (AvgIpc) is 3.20. The lowest BCUT2D eigenvalue weighted by molar-refractivity contribution is 1.09. The first-order valence-electron chi connectivity index (χ1n) is 17.4. The Bertz CT molecular complexity index is 2330. The molecule has 0 atom stereocenters. The maximum Gasteiger partial charge on any atom is 0.0497 e. The van der Waals surface area contributed by atoms with Gasteiger partial charge in [-0.15, -0.1) is 0 Å². The highest BCUT2D eigenvalue weighted by molar-refractivity contribution is 5.87. The second-order valence-corrected chi connectivity index (χ2v) is 12.7. The van der Waals surface area contributed by atoms with Crippen LogP contribution in [0.2, 0.25) is 0 Å². The van der Waals surface area contributed by atoms with E-state index in [2.05, 4.69) is 199 Å². The van der Waals surface area contributed by atoms with E-state index in [0.29, 0.717) is 0 Å². The molecule has 244 valence electrons. The molecule has 1 heterocycles. The van der Waals surface area contributed by atoms with Crippen LogP contribution in [-0.2, 0) is 6.42 Å². The van der Waals surface area contributed by atoms with E-state index in [1.54, 1.807) is 6.08 Å². The predicted molar refractivity (Wildman–Crippen MR) is 218 cm³/mol. The minimum atomic E-state index is 0.884. The molecule has 1 aliphatic heterocycles. The van der Waals surface area contributed by atoms with Crippen LogP contribution in [-0.4, -0.2) is 0 Å². The van der Waals surface area contributed by atoms with Crippen LogP contribution >= 0.6 is 0 Å². The van der Waals surface area contributed by atoms with E-state index in [9.17, 15) is 0 Å². The van der Waals surface area contributed by atoms with E-state index >= 15 is 0 Å². The molecule has 0 radical (unpaired) electrons.